The van der Waals surface area contributed by atoms with Gasteiger partial charge in [-0.05, 0) is 26.3 Å². The molecule has 1 atom stereocenters. The van der Waals surface area contributed by atoms with Crippen molar-refractivity contribution in [2.24, 2.45) is 0 Å². The summed E-state index contributed by atoms with van der Waals surface area (Å²) in [5.41, 5.74) is 1.10. The number of hydrogen-bond donors (Lipinski definition) is 2. The molecule has 0 aromatic carbocycles. The van der Waals surface area contributed by atoms with Crippen LogP contribution in [-0.2, 0) is 6.54 Å². The van der Waals surface area contributed by atoms with Gasteiger partial charge in [-0.1, -0.05) is 0 Å². The van der Waals surface area contributed by atoms with E-state index < -0.39 is 0 Å². The van der Waals surface area contributed by atoms with Crippen molar-refractivity contribution in [2.75, 3.05) is 18.9 Å². The minimum absolute atomic E-state index is 0.355. The van der Waals surface area contributed by atoms with E-state index in [-0.39, 0.29) is 0 Å². The quantitative estimate of drug-likeness (QED) is 0.889. The minimum Gasteiger partial charge on any atom is -0.373 e. The highest BCUT2D eigenvalue weighted by atomic mass is 15.2. The van der Waals surface area contributed by atoms with Gasteiger partial charge < -0.3 is 10.3 Å². The van der Waals surface area contributed by atoms with Gasteiger partial charge in [0.1, 0.15) is 17.5 Å². The number of likely N-dealkylation sites (tertiary alicyclic amines) is 1. The fourth-order valence-electron chi connectivity index (χ4n) is 2.82. The molecule has 3 heterocycles. The lowest BCUT2D eigenvalue weighted by atomic mass is 10.1. The normalized spacial score (nSPS) is 19.4. The first-order valence-corrected chi connectivity index (χ1v) is 7.02. The molecule has 2 aromatic rings. The number of hydrogen-bond acceptors (Lipinski definition) is 5. The lowest BCUT2D eigenvalue weighted by Crippen LogP contribution is -2.24. The second kappa shape index (κ2) is 5.58. The molecule has 2 N–H and O–H groups in total. The Morgan fingerprint density at radius 2 is 2.35 bits per heavy atom. The molecule has 0 amide bonds. The summed E-state index contributed by atoms with van der Waals surface area (Å²) in [7, 11) is 1.89. The van der Waals surface area contributed by atoms with Gasteiger partial charge in [0.05, 0.1) is 18.3 Å². The molecule has 0 unspecified atom stereocenters. The second-order valence-electron chi connectivity index (χ2n) is 5.14. The first kappa shape index (κ1) is 13.1. The van der Waals surface area contributed by atoms with Gasteiger partial charge in [0.15, 0.2) is 0 Å². The van der Waals surface area contributed by atoms with Gasteiger partial charge in [-0.15, -0.1) is 0 Å². The van der Waals surface area contributed by atoms with Gasteiger partial charge in [0, 0.05) is 25.5 Å². The van der Waals surface area contributed by atoms with Crippen LogP contribution in [0.25, 0.3) is 0 Å². The molecule has 0 saturated carbocycles. The minimum atomic E-state index is 0.355. The number of aromatic nitrogens is 4. The van der Waals surface area contributed by atoms with Crippen molar-refractivity contribution in [3.05, 3.63) is 35.8 Å². The Balaban J connectivity index is 1.82. The van der Waals surface area contributed by atoms with Crippen LogP contribution in [0.15, 0.2) is 18.5 Å². The Kier molecular flexibility index (Phi) is 3.64. The van der Waals surface area contributed by atoms with Gasteiger partial charge in [-0.2, -0.15) is 0 Å². The molecule has 6 heteroatoms. The molecule has 0 aliphatic carbocycles. The van der Waals surface area contributed by atoms with Crippen LogP contribution in [0, 0.1) is 6.92 Å². The van der Waals surface area contributed by atoms with E-state index in [2.05, 4.69) is 36.2 Å². The number of aromatic amines is 1. The number of aryl methyl sites for hydroxylation is 1. The van der Waals surface area contributed by atoms with Gasteiger partial charge in [-0.25, -0.2) is 15.0 Å². The molecule has 3 rings (SSSR count). The summed E-state index contributed by atoms with van der Waals surface area (Å²) in [6.45, 7) is 3.87. The van der Waals surface area contributed by atoms with Crippen molar-refractivity contribution in [3.63, 3.8) is 0 Å². The predicted molar refractivity (Wildman–Crippen MR) is 77.3 cm³/mol. The Hall–Kier alpha value is -1.95. The largest absolute Gasteiger partial charge is 0.373 e. The van der Waals surface area contributed by atoms with Crippen LogP contribution in [0.5, 0.6) is 0 Å². The fourth-order valence-corrected chi connectivity index (χ4v) is 2.82. The van der Waals surface area contributed by atoms with Crippen molar-refractivity contribution >= 4 is 5.82 Å². The summed E-state index contributed by atoms with van der Waals surface area (Å²) in [5, 5.41) is 3.10. The average molecular weight is 272 g/mol. The van der Waals surface area contributed by atoms with E-state index in [9.17, 15) is 0 Å². The molecule has 106 valence electrons. The summed E-state index contributed by atoms with van der Waals surface area (Å²) < 4.78 is 0. The monoisotopic (exact) mass is 272 g/mol. The molecule has 2 aromatic heterocycles. The number of nitrogens with zero attached hydrogens (tertiary/aromatic N) is 4. The van der Waals surface area contributed by atoms with Crippen LogP contribution in [0.3, 0.4) is 0 Å². The maximum absolute atomic E-state index is 4.62. The molecule has 1 saturated heterocycles. The highest BCUT2D eigenvalue weighted by Crippen LogP contribution is 2.32. The maximum Gasteiger partial charge on any atom is 0.129 e. The maximum atomic E-state index is 4.62. The summed E-state index contributed by atoms with van der Waals surface area (Å²) in [5.74, 6) is 2.71. The average Bonchev–Trinajstić information content (AvgIpc) is 3.10. The van der Waals surface area contributed by atoms with Crippen LogP contribution in [0.2, 0.25) is 0 Å². The van der Waals surface area contributed by atoms with E-state index >= 15 is 0 Å². The second-order valence-corrected chi connectivity index (χ2v) is 5.14. The number of imidazole rings is 1. The smallest absolute Gasteiger partial charge is 0.129 e. The SMILES string of the molecule is CNc1cc([C@@H]2CCCN2Cc2ncc[nH]2)nc(C)n1. The number of nitrogens with one attached hydrogen (secondary N) is 2. The van der Waals surface area contributed by atoms with Crippen LogP contribution >= 0.6 is 0 Å². The molecule has 1 aliphatic rings. The van der Waals surface area contributed by atoms with Gasteiger partial charge in [0.2, 0.25) is 0 Å². The zero-order valence-corrected chi connectivity index (χ0v) is 11.9. The topological polar surface area (TPSA) is 69.7 Å². The lowest BCUT2D eigenvalue weighted by molar-refractivity contribution is 0.238. The summed E-state index contributed by atoms with van der Waals surface area (Å²) >= 11 is 0. The predicted octanol–water partition coefficient (Wildman–Crippen LogP) is 1.89. The Bertz CT molecular complexity index is 565. The van der Waals surface area contributed by atoms with Crippen LogP contribution < -0.4 is 5.32 Å². The molecular formula is C14H20N6. The van der Waals surface area contributed by atoms with Crippen LogP contribution in [0.4, 0.5) is 5.82 Å². The molecule has 0 bridgehead atoms. The van der Waals surface area contributed by atoms with Gasteiger partial charge >= 0.3 is 0 Å². The fraction of sp³-hybridized carbons (Fsp3) is 0.500. The Labute approximate surface area is 118 Å². The van der Waals surface area contributed by atoms with E-state index in [1.54, 1.807) is 6.20 Å². The van der Waals surface area contributed by atoms with Crippen LogP contribution in [-0.4, -0.2) is 38.4 Å². The number of rotatable bonds is 4. The molecule has 20 heavy (non-hydrogen) atoms. The van der Waals surface area contributed by atoms with Crippen molar-refractivity contribution in [1.29, 1.82) is 0 Å². The summed E-state index contributed by atoms with van der Waals surface area (Å²) in [6.07, 6.45) is 6.01. The standard InChI is InChI=1S/C14H20N6/c1-10-18-11(8-13(15-2)19-10)12-4-3-7-20(12)9-14-16-5-6-17-14/h5-6,8,12H,3-4,7,9H2,1-2H3,(H,16,17)(H,15,18,19)/t12-/m0/s1. The van der Waals surface area contributed by atoms with Gasteiger partial charge in [-0.3, -0.25) is 4.90 Å². The first-order chi connectivity index (χ1) is 9.76. The molecule has 1 fully saturated rings. The molecule has 6 nitrogen and oxygen atoms in total. The highest BCUT2D eigenvalue weighted by molar-refractivity contribution is 5.36. The van der Waals surface area contributed by atoms with E-state index in [1.807, 2.05) is 20.2 Å². The van der Waals surface area contributed by atoms with Crippen LogP contribution in [0.1, 0.15) is 36.2 Å². The number of H-pyrrole nitrogens is 1. The zero-order chi connectivity index (χ0) is 13.9. The van der Waals surface area contributed by atoms with E-state index in [0.29, 0.717) is 6.04 Å². The van der Waals surface area contributed by atoms with Crippen molar-refractivity contribution in [2.45, 2.75) is 32.4 Å². The molecule has 0 spiro atoms. The third-order valence-corrected chi connectivity index (χ3v) is 3.73. The molecular weight excluding hydrogens is 252 g/mol. The molecule has 0 radical (unpaired) electrons. The first-order valence-electron chi connectivity index (χ1n) is 7.02. The van der Waals surface area contributed by atoms with E-state index in [4.69, 9.17) is 0 Å². The van der Waals surface area contributed by atoms with E-state index in [1.165, 1.54) is 6.42 Å². The summed E-state index contributed by atoms with van der Waals surface area (Å²) in [4.78, 5) is 18.9. The van der Waals surface area contributed by atoms with Crippen molar-refractivity contribution in [3.8, 4) is 0 Å². The summed E-state index contributed by atoms with van der Waals surface area (Å²) in [6, 6.07) is 2.41. The highest BCUT2D eigenvalue weighted by Gasteiger charge is 2.28. The lowest BCUT2D eigenvalue weighted by Gasteiger charge is -2.23. The molecule has 1 aliphatic heterocycles. The number of anilines is 1. The van der Waals surface area contributed by atoms with Crippen molar-refractivity contribution < 1.29 is 0 Å². The van der Waals surface area contributed by atoms with Crippen molar-refractivity contribution in [1.82, 2.24) is 24.8 Å². The Morgan fingerprint density at radius 3 is 3.10 bits per heavy atom. The Morgan fingerprint density at radius 1 is 1.45 bits per heavy atom. The van der Waals surface area contributed by atoms with E-state index in [0.717, 1.165) is 42.7 Å². The third-order valence-electron chi connectivity index (χ3n) is 3.73. The van der Waals surface area contributed by atoms with Gasteiger partial charge in [0.25, 0.3) is 0 Å². The zero-order valence-electron chi connectivity index (χ0n) is 11.9. The third kappa shape index (κ3) is 2.65.